The van der Waals surface area contributed by atoms with E-state index >= 15 is 0 Å². The number of amides is 1. The molecule has 1 N–H and O–H groups in total. The molecule has 0 radical (unpaired) electrons. The van der Waals surface area contributed by atoms with Crippen LogP contribution in [0.5, 0.6) is 0 Å². The summed E-state index contributed by atoms with van der Waals surface area (Å²) in [5.41, 5.74) is 2.83. The van der Waals surface area contributed by atoms with Crippen LogP contribution in [0, 0.1) is 0 Å². The normalized spacial score (nSPS) is 14.8. The van der Waals surface area contributed by atoms with E-state index in [2.05, 4.69) is 15.2 Å². The van der Waals surface area contributed by atoms with Crippen molar-refractivity contribution in [3.63, 3.8) is 0 Å². The molecule has 1 aromatic heterocycles. The molecule has 1 unspecified atom stereocenters. The quantitative estimate of drug-likeness (QED) is 0.266. The van der Waals surface area contributed by atoms with Crippen LogP contribution in [0.1, 0.15) is 53.7 Å². The largest absolute Gasteiger partial charge is 0.356 e. The van der Waals surface area contributed by atoms with Crippen LogP contribution < -0.4 is 10.2 Å². The number of aromatic nitrogens is 2. The third kappa shape index (κ3) is 6.02. The minimum Gasteiger partial charge on any atom is -0.356 e. The number of nitrogens with one attached hydrogen (secondary N) is 1. The van der Waals surface area contributed by atoms with Gasteiger partial charge < -0.3 is 10.2 Å². The summed E-state index contributed by atoms with van der Waals surface area (Å²) in [6, 6.07) is 19.4. The summed E-state index contributed by atoms with van der Waals surface area (Å²) in [6.07, 6.45) is 3.65. The van der Waals surface area contributed by atoms with E-state index in [4.69, 9.17) is 16.6 Å². The molecule has 1 fully saturated rings. The van der Waals surface area contributed by atoms with Crippen LogP contribution in [-0.2, 0) is 5.75 Å². The Balaban J connectivity index is 1.35. The van der Waals surface area contributed by atoms with Gasteiger partial charge >= 0.3 is 0 Å². The number of anilines is 1. The third-order valence-electron chi connectivity index (χ3n) is 5.57. The van der Waals surface area contributed by atoms with E-state index < -0.39 is 0 Å². The van der Waals surface area contributed by atoms with Crippen LogP contribution in [0.25, 0.3) is 0 Å². The lowest BCUT2D eigenvalue weighted by Crippen LogP contribution is -2.30. The van der Waals surface area contributed by atoms with Crippen molar-refractivity contribution in [2.75, 3.05) is 18.0 Å². The van der Waals surface area contributed by atoms with Gasteiger partial charge in [-0.2, -0.15) is 0 Å². The Kier molecular flexibility index (Phi) is 7.66. The van der Waals surface area contributed by atoms with Crippen LogP contribution in [0.15, 0.2) is 65.8 Å². The number of thioether (sulfide) groups is 1. The second-order valence-corrected chi connectivity index (χ2v) is 9.30. The molecule has 3 aromatic rings. The number of hydrogen-bond donors (Lipinski definition) is 1. The molecule has 166 valence electrons. The maximum atomic E-state index is 12.6. The van der Waals surface area contributed by atoms with Crippen molar-refractivity contribution in [1.82, 2.24) is 15.3 Å². The summed E-state index contributed by atoms with van der Waals surface area (Å²) in [5, 5.41) is 4.20. The summed E-state index contributed by atoms with van der Waals surface area (Å²) in [7, 11) is 0. The van der Waals surface area contributed by atoms with Crippen LogP contribution >= 0.6 is 23.4 Å². The van der Waals surface area contributed by atoms with Crippen molar-refractivity contribution in [3.8, 4) is 0 Å². The fourth-order valence-corrected chi connectivity index (χ4v) is 4.78. The summed E-state index contributed by atoms with van der Waals surface area (Å²) in [5.74, 6) is 1.54. The molecule has 0 spiro atoms. The first-order chi connectivity index (χ1) is 15.6. The van der Waals surface area contributed by atoms with E-state index in [1.54, 1.807) is 11.8 Å². The Morgan fingerprint density at radius 1 is 1.06 bits per heavy atom. The van der Waals surface area contributed by atoms with E-state index in [0.717, 1.165) is 30.0 Å². The monoisotopic (exact) mass is 466 g/mol. The van der Waals surface area contributed by atoms with E-state index in [1.165, 1.54) is 19.3 Å². The van der Waals surface area contributed by atoms with Gasteiger partial charge in [0.25, 0.3) is 5.91 Å². The molecule has 32 heavy (non-hydrogen) atoms. The standard InChI is InChI=1S/C25H27ClN4OS/c1-18(20-8-4-2-5-9-20)27-24(31)21-12-10-19(11-13-21)17-32-25-28-22(26)16-23(29-25)30-14-6-3-7-15-30/h2,4-5,8-13,16,18H,3,6-7,14-15,17H2,1H3,(H,27,31). The van der Waals surface area contributed by atoms with Crippen LogP contribution in [0.2, 0.25) is 5.15 Å². The number of carbonyl (C=O) groups is 1. The van der Waals surface area contributed by atoms with Crippen molar-refractivity contribution in [2.24, 2.45) is 0 Å². The van der Waals surface area contributed by atoms with E-state index in [-0.39, 0.29) is 11.9 Å². The zero-order valence-corrected chi connectivity index (χ0v) is 19.7. The van der Waals surface area contributed by atoms with Crippen LogP contribution in [0.4, 0.5) is 5.82 Å². The Bertz CT molecular complexity index is 1040. The highest BCUT2D eigenvalue weighted by Gasteiger charge is 2.15. The molecule has 1 amide bonds. The SMILES string of the molecule is CC(NC(=O)c1ccc(CSc2nc(Cl)cc(N3CCCCC3)n2)cc1)c1ccccc1. The first-order valence-corrected chi connectivity index (χ1v) is 12.3. The van der Waals surface area contributed by atoms with Gasteiger partial charge in [0, 0.05) is 30.5 Å². The summed E-state index contributed by atoms with van der Waals surface area (Å²) in [4.78, 5) is 24.0. The summed E-state index contributed by atoms with van der Waals surface area (Å²) in [6.45, 7) is 4.02. The first kappa shape index (κ1) is 22.6. The number of hydrogen-bond acceptors (Lipinski definition) is 5. The number of halogens is 1. The van der Waals surface area contributed by atoms with Crippen molar-refractivity contribution in [1.29, 1.82) is 0 Å². The smallest absolute Gasteiger partial charge is 0.251 e. The van der Waals surface area contributed by atoms with Crippen LogP contribution in [0.3, 0.4) is 0 Å². The zero-order valence-electron chi connectivity index (χ0n) is 18.1. The number of benzene rings is 2. The highest BCUT2D eigenvalue weighted by atomic mass is 35.5. The first-order valence-electron chi connectivity index (χ1n) is 11.0. The maximum absolute atomic E-state index is 12.6. The lowest BCUT2D eigenvalue weighted by atomic mass is 10.1. The number of nitrogens with zero attached hydrogens (tertiary/aromatic N) is 3. The molecule has 7 heteroatoms. The molecular weight excluding hydrogens is 440 g/mol. The lowest BCUT2D eigenvalue weighted by Gasteiger charge is -2.27. The van der Waals surface area contributed by atoms with Gasteiger partial charge in [0.05, 0.1) is 6.04 Å². The molecule has 0 bridgehead atoms. The Morgan fingerprint density at radius 2 is 1.78 bits per heavy atom. The maximum Gasteiger partial charge on any atom is 0.251 e. The lowest BCUT2D eigenvalue weighted by molar-refractivity contribution is 0.0940. The molecule has 1 saturated heterocycles. The molecule has 5 nitrogen and oxygen atoms in total. The average Bonchev–Trinajstić information content (AvgIpc) is 2.84. The van der Waals surface area contributed by atoms with Gasteiger partial charge in [0.15, 0.2) is 5.16 Å². The predicted molar refractivity (Wildman–Crippen MR) is 131 cm³/mol. The van der Waals surface area contributed by atoms with Crippen LogP contribution in [-0.4, -0.2) is 29.0 Å². The second-order valence-electron chi connectivity index (χ2n) is 7.97. The van der Waals surface area contributed by atoms with Gasteiger partial charge in [-0.05, 0) is 49.4 Å². The van der Waals surface area contributed by atoms with Gasteiger partial charge in [-0.25, -0.2) is 9.97 Å². The second kappa shape index (κ2) is 10.8. The molecule has 1 aliphatic heterocycles. The highest BCUT2D eigenvalue weighted by molar-refractivity contribution is 7.98. The molecule has 2 aromatic carbocycles. The molecule has 2 heterocycles. The fourth-order valence-electron chi connectivity index (χ4n) is 3.74. The van der Waals surface area contributed by atoms with Crippen molar-refractivity contribution in [3.05, 3.63) is 82.5 Å². The van der Waals surface area contributed by atoms with E-state index in [9.17, 15) is 4.79 Å². The molecule has 0 saturated carbocycles. The Labute approximate surface area is 198 Å². The van der Waals surface area contributed by atoms with Gasteiger partial charge in [-0.1, -0.05) is 65.8 Å². The van der Waals surface area contributed by atoms with Gasteiger partial charge in [-0.3, -0.25) is 4.79 Å². The topological polar surface area (TPSA) is 58.1 Å². The predicted octanol–water partition coefficient (Wildman–Crippen LogP) is 5.90. The zero-order chi connectivity index (χ0) is 22.3. The number of piperidine rings is 1. The van der Waals surface area contributed by atoms with Crippen molar-refractivity contribution < 1.29 is 4.79 Å². The fraction of sp³-hybridized carbons (Fsp3) is 0.320. The summed E-state index contributed by atoms with van der Waals surface area (Å²) < 4.78 is 0. The molecule has 4 rings (SSSR count). The van der Waals surface area contributed by atoms with E-state index in [0.29, 0.717) is 21.6 Å². The third-order valence-corrected chi connectivity index (χ3v) is 6.68. The minimum atomic E-state index is -0.0788. The summed E-state index contributed by atoms with van der Waals surface area (Å²) >= 11 is 7.81. The van der Waals surface area contributed by atoms with E-state index in [1.807, 2.05) is 67.6 Å². The molecule has 0 aliphatic carbocycles. The number of rotatable bonds is 7. The average molecular weight is 467 g/mol. The van der Waals surface area contributed by atoms with Crippen molar-refractivity contribution >= 4 is 35.1 Å². The molecular formula is C25H27ClN4OS. The molecule has 1 atom stereocenters. The van der Waals surface area contributed by atoms with Gasteiger partial charge in [0.1, 0.15) is 11.0 Å². The number of carbonyl (C=O) groups excluding carboxylic acids is 1. The van der Waals surface area contributed by atoms with Gasteiger partial charge in [-0.15, -0.1) is 0 Å². The van der Waals surface area contributed by atoms with Crippen molar-refractivity contribution in [2.45, 2.75) is 43.1 Å². The Hall–Kier alpha value is -2.57. The Morgan fingerprint density at radius 3 is 2.50 bits per heavy atom. The highest BCUT2D eigenvalue weighted by Crippen LogP contribution is 2.26. The van der Waals surface area contributed by atoms with Gasteiger partial charge in [0.2, 0.25) is 0 Å². The minimum absolute atomic E-state index is 0.0481. The molecule has 1 aliphatic rings.